The molecule has 0 spiro atoms. The summed E-state index contributed by atoms with van der Waals surface area (Å²) < 4.78 is 26.1. The van der Waals surface area contributed by atoms with Gasteiger partial charge in [-0.3, -0.25) is 4.79 Å². The highest BCUT2D eigenvalue weighted by Crippen LogP contribution is 2.24. The first-order valence-electron chi connectivity index (χ1n) is 6.35. The first kappa shape index (κ1) is 16.3. The Labute approximate surface area is 119 Å². The zero-order chi connectivity index (χ0) is 14.6. The lowest BCUT2D eigenvalue weighted by Gasteiger charge is -2.33. The minimum absolute atomic E-state index is 0.0155. The Kier molecular flexibility index (Phi) is 5.69. The van der Waals surface area contributed by atoms with Gasteiger partial charge in [-0.1, -0.05) is 19.1 Å². The summed E-state index contributed by atoms with van der Waals surface area (Å²) in [5.74, 6) is -0.162. The van der Waals surface area contributed by atoms with Crippen LogP contribution in [0.1, 0.15) is 32.6 Å². The van der Waals surface area contributed by atoms with Crippen LogP contribution in [0.15, 0.2) is 0 Å². The third kappa shape index (κ3) is 4.12. The fourth-order valence-electron chi connectivity index (χ4n) is 2.39. The number of sulfonamides is 1. The topological polar surface area (TPSA) is 106 Å². The van der Waals surface area contributed by atoms with E-state index in [1.807, 2.05) is 0 Å². The summed E-state index contributed by atoms with van der Waals surface area (Å²) in [5, 5.41) is -0.796. The number of hydrogen-bond donors (Lipinski definition) is 2. The highest BCUT2D eigenvalue weighted by atomic mass is 32.2. The highest BCUT2D eigenvalue weighted by molar-refractivity contribution is 7.92. The molecule has 1 unspecified atom stereocenters. The minimum atomic E-state index is -3.47. The van der Waals surface area contributed by atoms with Gasteiger partial charge >= 0.3 is 0 Å². The van der Waals surface area contributed by atoms with Gasteiger partial charge < -0.3 is 11.5 Å². The largest absolute Gasteiger partial charge is 0.392 e. The first-order valence-corrected chi connectivity index (χ1v) is 8.26. The summed E-state index contributed by atoms with van der Waals surface area (Å²) >= 11 is 4.82. The van der Waals surface area contributed by atoms with Gasteiger partial charge in [0.15, 0.2) is 0 Å². The first-order chi connectivity index (χ1) is 8.78. The van der Waals surface area contributed by atoms with E-state index in [-0.39, 0.29) is 16.8 Å². The van der Waals surface area contributed by atoms with Crippen LogP contribution in [0.5, 0.6) is 0 Å². The highest BCUT2D eigenvalue weighted by Gasteiger charge is 2.35. The Morgan fingerprint density at radius 1 is 1.37 bits per heavy atom. The van der Waals surface area contributed by atoms with E-state index < -0.39 is 15.3 Å². The van der Waals surface area contributed by atoms with E-state index >= 15 is 0 Å². The van der Waals surface area contributed by atoms with E-state index in [2.05, 4.69) is 0 Å². The van der Waals surface area contributed by atoms with Crippen molar-refractivity contribution in [3.8, 4) is 0 Å². The zero-order valence-corrected chi connectivity index (χ0v) is 12.7. The van der Waals surface area contributed by atoms with Gasteiger partial charge in [0.05, 0.1) is 4.99 Å². The lowest BCUT2D eigenvalue weighted by molar-refractivity contribution is -0.119. The second-order valence-electron chi connectivity index (χ2n) is 4.86. The Bertz CT molecular complexity index is 442. The van der Waals surface area contributed by atoms with E-state index in [0.717, 1.165) is 0 Å². The normalized spacial score (nSPS) is 20.1. The van der Waals surface area contributed by atoms with Gasteiger partial charge in [0.25, 0.3) is 0 Å². The third-order valence-corrected chi connectivity index (χ3v) is 6.30. The maximum atomic E-state index is 12.4. The van der Waals surface area contributed by atoms with Crippen molar-refractivity contribution in [2.75, 3.05) is 13.1 Å². The van der Waals surface area contributed by atoms with Gasteiger partial charge in [-0.05, 0) is 25.2 Å². The number of nitrogens with two attached hydrogens (primary N) is 2. The van der Waals surface area contributed by atoms with Crippen LogP contribution in [-0.4, -0.2) is 42.0 Å². The molecule has 1 rings (SSSR count). The number of amides is 1. The number of carbonyl (C=O) groups is 1. The Hall–Kier alpha value is -0.730. The van der Waals surface area contributed by atoms with Gasteiger partial charge in [0.2, 0.25) is 15.9 Å². The molecule has 1 saturated heterocycles. The maximum Gasteiger partial charge on any atom is 0.223 e. The van der Waals surface area contributed by atoms with Gasteiger partial charge in [-0.15, -0.1) is 0 Å². The number of thiocarbonyl (C=S) groups is 1. The van der Waals surface area contributed by atoms with Crippen molar-refractivity contribution < 1.29 is 13.2 Å². The molecule has 1 aliphatic heterocycles. The van der Waals surface area contributed by atoms with Gasteiger partial charge in [0, 0.05) is 19.5 Å². The van der Waals surface area contributed by atoms with Gasteiger partial charge in [-0.25, -0.2) is 12.7 Å². The summed E-state index contributed by atoms with van der Waals surface area (Å²) in [6.07, 6.45) is 1.99. The molecule has 0 saturated carbocycles. The second kappa shape index (κ2) is 6.62. The molecule has 1 atom stereocenters. The van der Waals surface area contributed by atoms with Crippen molar-refractivity contribution in [1.29, 1.82) is 0 Å². The lowest BCUT2D eigenvalue weighted by Crippen LogP contribution is -2.47. The molecule has 0 aliphatic carbocycles. The van der Waals surface area contributed by atoms with Crippen molar-refractivity contribution in [2.45, 2.75) is 37.9 Å². The summed E-state index contributed by atoms with van der Waals surface area (Å²) in [6.45, 7) is 2.56. The van der Waals surface area contributed by atoms with E-state index in [9.17, 15) is 13.2 Å². The third-order valence-electron chi connectivity index (χ3n) is 3.47. The molecule has 19 heavy (non-hydrogen) atoms. The standard InChI is InChI=1S/C11H21N3O3S2/c1-2-9(11(13)18)19(16,17)14-5-3-8(4-6-14)7-10(12)15/h8-9H,2-7H2,1H3,(H2,12,15)(H2,13,18). The van der Waals surface area contributed by atoms with Crippen LogP contribution in [-0.2, 0) is 14.8 Å². The molecule has 4 N–H and O–H groups in total. The number of primary amides is 1. The van der Waals surface area contributed by atoms with Crippen molar-refractivity contribution in [1.82, 2.24) is 4.31 Å². The number of nitrogens with zero attached hydrogens (tertiary/aromatic N) is 1. The molecular formula is C11H21N3O3S2. The molecule has 1 aliphatic rings. The lowest BCUT2D eigenvalue weighted by atomic mass is 9.94. The molecule has 0 aromatic rings. The second-order valence-corrected chi connectivity index (χ2v) is 7.44. The summed E-state index contributed by atoms with van der Waals surface area (Å²) in [7, 11) is -3.47. The fourth-order valence-corrected chi connectivity index (χ4v) is 4.72. The quantitative estimate of drug-likeness (QED) is 0.670. The molecule has 0 aromatic carbocycles. The predicted octanol–water partition coefficient (Wildman–Crippen LogP) is -0.0317. The van der Waals surface area contributed by atoms with E-state index in [0.29, 0.717) is 38.8 Å². The SMILES string of the molecule is CCC(C(N)=S)S(=O)(=O)N1CCC(CC(N)=O)CC1. The van der Waals surface area contributed by atoms with Crippen LogP contribution in [0.3, 0.4) is 0 Å². The number of hydrogen-bond acceptors (Lipinski definition) is 4. The number of carbonyl (C=O) groups excluding carboxylic acids is 1. The van der Waals surface area contributed by atoms with Gasteiger partial charge in [-0.2, -0.15) is 0 Å². The van der Waals surface area contributed by atoms with E-state index in [4.69, 9.17) is 23.7 Å². The molecule has 6 nitrogen and oxygen atoms in total. The molecule has 110 valence electrons. The molecule has 8 heteroatoms. The Morgan fingerprint density at radius 2 is 1.89 bits per heavy atom. The fraction of sp³-hybridized carbons (Fsp3) is 0.818. The van der Waals surface area contributed by atoms with Crippen LogP contribution < -0.4 is 11.5 Å². The smallest absolute Gasteiger partial charge is 0.223 e. The molecule has 1 amide bonds. The van der Waals surface area contributed by atoms with Crippen LogP contribution >= 0.6 is 12.2 Å². The number of piperidine rings is 1. The Balaban J connectivity index is 2.68. The zero-order valence-electron chi connectivity index (χ0n) is 11.0. The Morgan fingerprint density at radius 3 is 2.26 bits per heavy atom. The van der Waals surface area contributed by atoms with Crippen LogP contribution in [0, 0.1) is 5.92 Å². The molecule has 1 fully saturated rings. The van der Waals surface area contributed by atoms with Crippen molar-refractivity contribution in [2.24, 2.45) is 17.4 Å². The van der Waals surface area contributed by atoms with Gasteiger partial charge in [0.1, 0.15) is 5.25 Å². The average molecular weight is 307 g/mol. The summed E-state index contributed by atoms with van der Waals surface area (Å²) in [4.78, 5) is 10.9. The van der Waals surface area contributed by atoms with Crippen molar-refractivity contribution in [3.63, 3.8) is 0 Å². The summed E-state index contributed by atoms with van der Waals surface area (Å²) in [5.41, 5.74) is 10.6. The molecule has 0 bridgehead atoms. The maximum absolute atomic E-state index is 12.4. The van der Waals surface area contributed by atoms with Crippen LogP contribution in [0.25, 0.3) is 0 Å². The minimum Gasteiger partial charge on any atom is -0.392 e. The van der Waals surface area contributed by atoms with E-state index in [1.54, 1.807) is 6.92 Å². The molecule has 0 aromatic heterocycles. The van der Waals surface area contributed by atoms with E-state index in [1.165, 1.54) is 4.31 Å². The summed E-state index contributed by atoms with van der Waals surface area (Å²) in [6, 6.07) is 0. The monoisotopic (exact) mass is 307 g/mol. The van der Waals surface area contributed by atoms with Crippen LogP contribution in [0.2, 0.25) is 0 Å². The van der Waals surface area contributed by atoms with Crippen LogP contribution in [0.4, 0.5) is 0 Å². The predicted molar refractivity (Wildman–Crippen MR) is 77.9 cm³/mol. The molecule has 1 heterocycles. The van der Waals surface area contributed by atoms with Crippen molar-refractivity contribution >= 4 is 33.1 Å². The molecular weight excluding hydrogens is 286 g/mol. The molecule has 0 radical (unpaired) electrons. The number of rotatable bonds is 6. The van der Waals surface area contributed by atoms with Crippen molar-refractivity contribution in [3.05, 3.63) is 0 Å². The average Bonchev–Trinajstić information content (AvgIpc) is 2.28.